The molecule has 0 aromatic carbocycles. The van der Waals surface area contributed by atoms with E-state index in [1.165, 1.54) is 64.6 Å². The highest BCUT2D eigenvalue weighted by Gasteiger charge is 2.39. The topological polar surface area (TPSA) is 3.24 Å². The number of rotatable bonds is 6. The summed E-state index contributed by atoms with van der Waals surface area (Å²) in [6.07, 6.45) is 19.2. The van der Waals surface area contributed by atoms with Crippen LogP contribution < -0.4 is 0 Å². The van der Waals surface area contributed by atoms with Crippen molar-refractivity contribution in [2.24, 2.45) is 17.8 Å². The molecule has 0 saturated carbocycles. The van der Waals surface area contributed by atoms with Gasteiger partial charge in [-0.05, 0) is 50.3 Å². The Balaban J connectivity index is 1.85. The van der Waals surface area contributed by atoms with Crippen molar-refractivity contribution < 1.29 is 0 Å². The van der Waals surface area contributed by atoms with Crippen LogP contribution in [0.1, 0.15) is 58.8 Å². The van der Waals surface area contributed by atoms with E-state index in [0.29, 0.717) is 5.92 Å². The number of hydrogen-bond donors (Lipinski definition) is 0. The molecule has 1 nitrogen and oxygen atoms in total. The third kappa shape index (κ3) is 3.25. The lowest BCUT2D eigenvalue weighted by Gasteiger charge is -2.29. The first-order valence-corrected chi connectivity index (χ1v) is 9.64. The van der Waals surface area contributed by atoms with Gasteiger partial charge in [0, 0.05) is 18.4 Å². The lowest BCUT2D eigenvalue weighted by molar-refractivity contribution is 0.239. The molecule has 1 fully saturated rings. The quantitative estimate of drug-likeness (QED) is 0.597. The summed E-state index contributed by atoms with van der Waals surface area (Å²) in [5.74, 6) is 2.25. The summed E-state index contributed by atoms with van der Waals surface area (Å²) >= 11 is 0. The van der Waals surface area contributed by atoms with Crippen molar-refractivity contribution in [1.82, 2.24) is 4.90 Å². The Labute approximate surface area is 137 Å². The van der Waals surface area contributed by atoms with E-state index in [9.17, 15) is 0 Å². The fraction of sp³-hybridized carbons (Fsp3) is 0.714. The average Bonchev–Trinajstić information content (AvgIpc) is 2.69. The molecule has 0 amide bonds. The van der Waals surface area contributed by atoms with Crippen molar-refractivity contribution in [1.29, 1.82) is 0 Å². The summed E-state index contributed by atoms with van der Waals surface area (Å²) in [5.41, 5.74) is 3.61. The molecule has 2 aliphatic carbocycles. The van der Waals surface area contributed by atoms with E-state index < -0.39 is 0 Å². The zero-order valence-corrected chi connectivity index (χ0v) is 14.6. The van der Waals surface area contributed by atoms with Crippen LogP contribution in [0.2, 0.25) is 0 Å². The monoisotopic (exact) mass is 299 g/mol. The second-order valence-electron chi connectivity index (χ2n) is 7.38. The first-order chi connectivity index (χ1) is 10.8. The van der Waals surface area contributed by atoms with Gasteiger partial charge in [-0.25, -0.2) is 0 Å². The maximum atomic E-state index is 2.73. The molecule has 0 N–H and O–H groups in total. The average molecular weight is 300 g/mol. The summed E-state index contributed by atoms with van der Waals surface area (Å²) in [5, 5.41) is 0. The van der Waals surface area contributed by atoms with Crippen LogP contribution in [-0.4, -0.2) is 24.5 Å². The van der Waals surface area contributed by atoms with E-state index in [-0.39, 0.29) is 0 Å². The Bertz CT molecular complexity index is 451. The van der Waals surface area contributed by atoms with Gasteiger partial charge in [-0.1, -0.05) is 63.0 Å². The number of fused-ring (bicyclic) bond motifs is 2. The molecular formula is C21H33N. The largest absolute Gasteiger partial charge is 0.299 e. The number of unbranched alkanes of at least 4 members (excludes halogenated alkanes) is 1. The van der Waals surface area contributed by atoms with Crippen molar-refractivity contribution >= 4 is 0 Å². The Hall–Kier alpha value is -0.820. The van der Waals surface area contributed by atoms with Crippen LogP contribution in [0, 0.1) is 17.8 Å². The molecule has 1 aliphatic heterocycles. The van der Waals surface area contributed by atoms with Crippen LogP contribution in [0.3, 0.4) is 0 Å². The van der Waals surface area contributed by atoms with E-state index in [0.717, 1.165) is 11.8 Å². The van der Waals surface area contributed by atoms with Gasteiger partial charge in [0.15, 0.2) is 0 Å². The van der Waals surface area contributed by atoms with Crippen LogP contribution >= 0.6 is 0 Å². The van der Waals surface area contributed by atoms with Crippen molar-refractivity contribution in [2.45, 2.75) is 58.8 Å². The van der Waals surface area contributed by atoms with Crippen LogP contribution in [0.25, 0.3) is 0 Å². The molecule has 0 spiro atoms. The Kier molecular flexibility index (Phi) is 5.57. The van der Waals surface area contributed by atoms with Gasteiger partial charge in [0.2, 0.25) is 0 Å². The van der Waals surface area contributed by atoms with Gasteiger partial charge in [0.05, 0.1) is 0 Å². The van der Waals surface area contributed by atoms with Gasteiger partial charge >= 0.3 is 0 Å². The minimum Gasteiger partial charge on any atom is -0.299 e. The van der Waals surface area contributed by atoms with E-state index in [1.54, 1.807) is 5.57 Å². The first kappa shape index (κ1) is 16.1. The summed E-state index contributed by atoms with van der Waals surface area (Å²) < 4.78 is 0. The van der Waals surface area contributed by atoms with E-state index in [1.807, 2.05) is 5.57 Å². The summed E-state index contributed by atoms with van der Waals surface area (Å²) in [4.78, 5) is 2.73. The molecule has 3 rings (SSSR count). The maximum absolute atomic E-state index is 2.73. The molecule has 0 radical (unpaired) electrons. The van der Waals surface area contributed by atoms with Gasteiger partial charge < -0.3 is 0 Å². The van der Waals surface area contributed by atoms with Crippen molar-refractivity contribution in [3.05, 3.63) is 35.5 Å². The smallest absolute Gasteiger partial charge is 0.0201 e. The number of piperidine rings is 1. The molecular weight excluding hydrogens is 266 g/mol. The third-order valence-electron chi connectivity index (χ3n) is 6.00. The van der Waals surface area contributed by atoms with Crippen LogP contribution in [0.4, 0.5) is 0 Å². The van der Waals surface area contributed by atoms with Crippen LogP contribution in [0.15, 0.2) is 35.5 Å². The van der Waals surface area contributed by atoms with Crippen molar-refractivity contribution in [2.75, 3.05) is 19.6 Å². The number of likely N-dealkylation sites (tertiary alicyclic amines) is 1. The predicted octanol–water partition coefficient (Wildman–Crippen LogP) is 5.36. The van der Waals surface area contributed by atoms with Crippen molar-refractivity contribution in [3.63, 3.8) is 0 Å². The Morgan fingerprint density at radius 2 is 1.64 bits per heavy atom. The van der Waals surface area contributed by atoms with Gasteiger partial charge in [0.1, 0.15) is 0 Å². The van der Waals surface area contributed by atoms with Gasteiger partial charge in [-0.2, -0.15) is 0 Å². The minimum absolute atomic E-state index is 0.707. The predicted molar refractivity (Wildman–Crippen MR) is 95.9 cm³/mol. The number of hydrogen-bond acceptors (Lipinski definition) is 1. The normalized spacial score (nSPS) is 31.8. The lowest BCUT2D eigenvalue weighted by Crippen LogP contribution is -2.32. The molecule has 1 heterocycles. The number of allylic oxidation sites excluding steroid dienone is 5. The van der Waals surface area contributed by atoms with E-state index in [2.05, 4.69) is 43.1 Å². The lowest BCUT2D eigenvalue weighted by atomic mass is 9.83. The third-order valence-corrected chi connectivity index (χ3v) is 6.00. The second kappa shape index (κ2) is 7.64. The number of nitrogens with zero attached hydrogens (tertiary/aromatic N) is 1. The highest BCUT2D eigenvalue weighted by molar-refractivity contribution is 5.38. The zero-order valence-electron chi connectivity index (χ0n) is 14.6. The summed E-state index contributed by atoms with van der Waals surface area (Å²) in [6.45, 7) is 8.59. The van der Waals surface area contributed by atoms with Crippen molar-refractivity contribution in [3.8, 4) is 0 Å². The zero-order chi connectivity index (χ0) is 15.4. The molecule has 122 valence electrons. The molecule has 22 heavy (non-hydrogen) atoms. The van der Waals surface area contributed by atoms with Crippen LogP contribution in [-0.2, 0) is 0 Å². The molecule has 3 atom stereocenters. The molecule has 1 heteroatoms. The second-order valence-corrected chi connectivity index (χ2v) is 7.38. The molecule has 3 unspecified atom stereocenters. The van der Waals surface area contributed by atoms with Gasteiger partial charge in [-0.15, -0.1) is 0 Å². The highest BCUT2D eigenvalue weighted by Crippen LogP contribution is 2.48. The minimum atomic E-state index is 0.707. The fourth-order valence-electron chi connectivity index (χ4n) is 4.82. The molecule has 3 aliphatic rings. The molecule has 2 bridgehead atoms. The van der Waals surface area contributed by atoms with E-state index in [4.69, 9.17) is 0 Å². The first-order valence-electron chi connectivity index (χ1n) is 9.64. The summed E-state index contributed by atoms with van der Waals surface area (Å²) in [6, 6.07) is 0. The highest BCUT2D eigenvalue weighted by atomic mass is 15.1. The Morgan fingerprint density at radius 1 is 0.955 bits per heavy atom. The maximum Gasteiger partial charge on any atom is 0.0201 e. The molecule has 1 saturated heterocycles. The SMILES string of the molecule is CCCCC1=C(CN2CCCCC2)C2C=CC=CC1C2CC. The molecule has 0 aromatic rings. The van der Waals surface area contributed by atoms with E-state index >= 15 is 0 Å². The fourth-order valence-corrected chi connectivity index (χ4v) is 4.82. The summed E-state index contributed by atoms with van der Waals surface area (Å²) in [7, 11) is 0. The van der Waals surface area contributed by atoms with Gasteiger partial charge in [-0.3, -0.25) is 4.90 Å². The molecule has 0 aromatic heterocycles. The van der Waals surface area contributed by atoms with Gasteiger partial charge in [0.25, 0.3) is 0 Å². The van der Waals surface area contributed by atoms with Crippen LogP contribution in [0.5, 0.6) is 0 Å². The Morgan fingerprint density at radius 3 is 2.27 bits per heavy atom. The standard InChI is InChI=1S/C21H33N/c1-3-5-11-20-18-12-7-8-13-19(17(18)4-2)21(20)16-22-14-9-6-10-15-22/h7-8,12-13,17-19H,3-6,9-11,14-16H2,1-2H3.